The molecule has 0 aliphatic heterocycles. The molecule has 0 aromatic heterocycles. The fourth-order valence-electron chi connectivity index (χ4n) is 0.993. The van der Waals surface area contributed by atoms with E-state index in [4.69, 9.17) is 4.74 Å². The van der Waals surface area contributed by atoms with Gasteiger partial charge in [0.25, 0.3) is 0 Å². The molecule has 0 atom stereocenters. The highest BCUT2D eigenvalue weighted by molar-refractivity contribution is 7.97. The van der Waals surface area contributed by atoms with Crippen molar-refractivity contribution in [2.45, 2.75) is 11.8 Å². The SMILES string of the molecule is CC(=O)COc1ccc(SN(C)C)cc1. The Balaban J connectivity index is 2.52. The van der Waals surface area contributed by atoms with Crippen molar-refractivity contribution >= 4 is 17.7 Å². The molecule has 82 valence electrons. The number of carbonyl (C=O) groups excluding carboxylic acids is 1. The van der Waals surface area contributed by atoms with Crippen LogP contribution < -0.4 is 4.74 Å². The van der Waals surface area contributed by atoms with Crippen LogP contribution in [0.2, 0.25) is 0 Å². The predicted molar refractivity (Wildman–Crippen MR) is 62.2 cm³/mol. The summed E-state index contributed by atoms with van der Waals surface area (Å²) in [6, 6.07) is 7.68. The Morgan fingerprint density at radius 3 is 2.40 bits per heavy atom. The molecule has 0 radical (unpaired) electrons. The van der Waals surface area contributed by atoms with Gasteiger partial charge in [-0.25, -0.2) is 0 Å². The Hall–Kier alpha value is -1.00. The number of hydrogen-bond donors (Lipinski definition) is 0. The molecule has 1 aromatic carbocycles. The van der Waals surface area contributed by atoms with E-state index in [9.17, 15) is 4.79 Å². The van der Waals surface area contributed by atoms with Crippen molar-refractivity contribution in [1.82, 2.24) is 4.31 Å². The summed E-state index contributed by atoms with van der Waals surface area (Å²) in [7, 11) is 3.98. The van der Waals surface area contributed by atoms with Crippen LogP contribution in [0, 0.1) is 0 Å². The van der Waals surface area contributed by atoms with E-state index in [1.54, 1.807) is 11.9 Å². The third-order valence-corrected chi connectivity index (χ3v) is 2.40. The van der Waals surface area contributed by atoms with Gasteiger partial charge in [-0.3, -0.25) is 9.10 Å². The lowest BCUT2D eigenvalue weighted by molar-refractivity contribution is -0.118. The normalized spacial score (nSPS) is 10.4. The fraction of sp³-hybridized carbons (Fsp3) is 0.364. The highest BCUT2D eigenvalue weighted by atomic mass is 32.2. The molecule has 0 amide bonds. The number of ether oxygens (including phenoxy) is 1. The van der Waals surface area contributed by atoms with Crippen LogP contribution in [0.15, 0.2) is 29.2 Å². The van der Waals surface area contributed by atoms with E-state index in [0.29, 0.717) is 0 Å². The molecule has 1 aromatic rings. The second kappa shape index (κ2) is 5.78. The zero-order chi connectivity index (χ0) is 11.3. The van der Waals surface area contributed by atoms with Crippen molar-refractivity contribution in [3.8, 4) is 5.75 Å². The summed E-state index contributed by atoms with van der Waals surface area (Å²) in [5.74, 6) is 0.759. The first-order chi connectivity index (χ1) is 7.08. The van der Waals surface area contributed by atoms with E-state index in [-0.39, 0.29) is 12.4 Å². The van der Waals surface area contributed by atoms with Crippen LogP contribution in [0.1, 0.15) is 6.92 Å². The number of benzene rings is 1. The molecule has 0 spiro atoms. The molecule has 0 N–H and O–H groups in total. The van der Waals surface area contributed by atoms with Gasteiger partial charge in [0.1, 0.15) is 12.4 Å². The van der Waals surface area contributed by atoms with Gasteiger partial charge in [0, 0.05) is 4.90 Å². The number of carbonyl (C=O) groups is 1. The fourth-order valence-corrected chi connectivity index (χ4v) is 1.67. The molecule has 0 saturated heterocycles. The minimum absolute atomic E-state index is 0.0294. The van der Waals surface area contributed by atoms with Gasteiger partial charge in [-0.15, -0.1) is 0 Å². The van der Waals surface area contributed by atoms with Crippen molar-refractivity contribution in [3.63, 3.8) is 0 Å². The third-order valence-electron chi connectivity index (χ3n) is 1.55. The molecular formula is C11H15NO2S. The zero-order valence-electron chi connectivity index (χ0n) is 9.19. The van der Waals surface area contributed by atoms with Gasteiger partial charge in [0.2, 0.25) is 0 Å². The summed E-state index contributed by atoms with van der Waals surface area (Å²) in [4.78, 5) is 11.8. The van der Waals surface area contributed by atoms with Crippen LogP contribution >= 0.6 is 11.9 Å². The van der Waals surface area contributed by atoms with Crippen LogP contribution in [0.3, 0.4) is 0 Å². The van der Waals surface area contributed by atoms with Crippen molar-refractivity contribution in [2.24, 2.45) is 0 Å². The molecule has 4 heteroatoms. The number of ketones is 1. The quantitative estimate of drug-likeness (QED) is 0.719. The molecule has 15 heavy (non-hydrogen) atoms. The average Bonchev–Trinajstić information content (AvgIpc) is 2.16. The van der Waals surface area contributed by atoms with E-state index >= 15 is 0 Å². The summed E-state index contributed by atoms with van der Waals surface area (Å²) in [5.41, 5.74) is 0. The van der Waals surface area contributed by atoms with E-state index in [1.165, 1.54) is 6.92 Å². The topological polar surface area (TPSA) is 29.5 Å². The Morgan fingerprint density at radius 1 is 1.33 bits per heavy atom. The van der Waals surface area contributed by atoms with E-state index in [0.717, 1.165) is 10.6 Å². The maximum absolute atomic E-state index is 10.7. The van der Waals surface area contributed by atoms with E-state index in [2.05, 4.69) is 0 Å². The third kappa shape index (κ3) is 4.85. The molecule has 1 rings (SSSR count). The summed E-state index contributed by atoms with van der Waals surface area (Å²) in [6.45, 7) is 1.65. The monoisotopic (exact) mass is 225 g/mol. The Morgan fingerprint density at radius 2 is 1.93 bits per heavy atom. The van der Waals surface area contributed by atoms with Gasteiger partial charge in [-0.05, 0) is 57.2 Å². The molecule has 0 unspecified atom stereocenters. The lowest BCUT2D eigenvalue weighted by atomic mass is 10.3. The Kier molecular flexibility index (Phi) is 4.65. The van der Waals surface area contributed by atoms with Crippen LogP contribution in [-0.4, -0.2) is 30.8 Å². The van der Waals surface area contributed by atoms with E-state index in [1.807, 2.05) is 42.7 Å². The Labute approximate surface area is 94.5 Å². The van der Waals surface area contributed by atoms with Gasteiger partial charge >= 0.3 is 0 Å². The lowest BCUT2D eigenvalue weighted by Crippen LogP contribution is -2.06. The molecule has 3 nitrogen and oxygen atoms in total. The van der Waals surface area contributed by atoms with Gasteiger partial charge in [0.15, 0.2) is 5.78 Å². The molecule has 0 aliphatic carbocycles. The van der Waals surface area contributed by atoms with Crippen molar-refractivity contribution in [2.75, 3.05) is 20.7 Å². The number of Topliss-reactive ketones (excluding diaryl/α,β-unsaturated/α-hetero) is 1. The first-order valence-corrected chi connectivity index (χ1v) is 5.43. The van der Waals surface area contributed by atoms with Crippen molar-refractivity contribution in [1.29, 1.82) is 0 Å². The van der Waals surface area contributed by atoms with Crippen LogP contribution in [0.4, 0.5) is 0 Å². The predicted octanol–water partition coefficient (Wildman–Crippen LogP) is 2.22. The lowest BCUT2D eigenvalue weighted by Gasteiger charge is -2.09. The van der Waals surface area contributed by atoms with Gasteiger partial charge < -0.3 is 4.74 Å². The number of hydrogen-bond acceptors (Lipinski definition) is 4. The second-order valence-corrected chi connectivity index (χ2v) is 4.75. The van der Waals surface area contributed by atoms with Crippen molar-refractivity contribution in [3.05, 3.63) is 24.3 Å². The van der Waals surface area contributed by atoms with Gasteiger partial charge in [0.05, 0.1) is 0 Å². The first-order valence-electron chi connectivity index (χ1n) is 4.65. The Bertz CT molecular complexity index is 322. The molecule has 0 heterocycles. The summed E-state index contributed by atoms with van der Waals surface area (Å²) in [6.07, 6.45) is 0. The van der Waals surface area contributed by atoms with Crippen LogP contribution in [-0.2, 0) is 4.79 Å². The standard InChI is InChI=1S/C11H15NO2S/c1-9(13)8-14-10-4-6-11(7-5-10)15-12(2)3/h4-7H,8H2,1-3H3. The average molecular weight is 225 g/mol. The smallest absolute Gasteiger partial charge is 0.167 e. The van der Waals surface area contributed by atoms with Crippen LogP contribution in [0.25, 0.3) is 0 Å². The number of nitrogens with zero attached hydrogens (tertiary/aromatic N) is 1. The van der Waals surface area contributed by atoms with Gasteiger partial charge in [-0.1, -0.05) is 0 Å². The molecule has 0 fully saturated rings. The summed E-state index contributed by atoms with van der Waals surface area (Å²) in [5, 5.41) is 0. The maximum atomic E-state index is 10.7. The highest BCUT2D eigenvalue weighted by Gasteiger charge is 1.99. The maximum Gasteiger partial charge on any atom is 0.167 e. The minimum atomic E-state index is 0.0294. The van der Waals surface area contributed by atoms with Gasteiger partial charge in [-0.2, -0.15) is 0 Å². The largest absolute Gasteiger partial charge is 0.486 e. The molecule has 0 aliphatic rings. The van der Waals surface area contributed by atoms with Crippen LogP contribution in [0.5, 0.6) is 5.75 Å². The highest BCUT2D eigenvalue weighted by Crippen LogP contribution is 2.22. The molecule has 0 saturated carbocycles. The minimum Gasteiger partial charge on any atom is -0.486 e. The summed E-state index contributed by atoms with van der Waals surface area (Å²) < 4.78 is 7.27. The molecule has 0 bridgehead atoms. The molecular weight excluding hydrogens is 210 g/mol. The van der Waals surface area contributed by atoms with Crippen molar-refractivity contribution < 1.29 is 9.53 Å². The second-order valence-electron chi connectivity index (χ2n) is 3.37. The first kappa shape index (κ1) is 12.1. The summed E-state index contributed by atoms with van der Waals surface area (Å²) >= 11 is 1.64. The van der Waals surface area contributed by atoms with E-state index < -0.39 is 0 Å². The zero-order valence-corrected chi connectivity index (χ0v) is 10.0. The number of rotatable bonds is 5.